The molecule has 23 heavy (non-hydrogen) atoms. The van der Waals surface area contributed by atoms with E-state index in [4.69, 9.17) is 0 Å². The van der Waals surface area contributed by atoms with Crippen LogP contribution in [-0.4, -0.2) is 25.9 Å². The predicted molar refractivity (Wildman–Crippen MR) is 87.9 cm³/mol. The summed E-state index contributed by atoms with van der Waals surface area (Å²) < 4.78 is 3.63. The summed E-state index contributed by atoms with van der Waals surface area (Å²) in [6.45, 7) is 2.82. The first-order valence-electron chi connectivity index (χ1n) is 7.78. The second kappa shape index (κ2) is 5.24. The van der Waals surface area contributed by atoms with Gasteiger partial charge >= 0.3 is 0 Å². The second-order valence-corrected chi connectivity index (χ2v) is 5.88. The first-order valence-corrected chi connectivity index (χ1v) is 7.78. The number of benzene rings is 1. The SMILES string of the molecule is Cc1c([C@H]2NCCc3[nH]cnc32)c(=O)n(-c2ccccc2)n1C. The highest BCUT2D eigenvalue weighted by Gasteiger charge is 2.30. The molecule has 0 unspecified atom stereocenters. The minimum atomic E-state index is -0.159. The number of nitrogens with zero attached hydrogens (tertiary/aromatic N) is 3. The van der Waals surface area contributed by atoms with E-state index < -0.39 is 0 Å². The van der Waals surface area contributed by atoms with Gasteiger partial charge in [0.25, 0.3) is 5.56 Å². The molecule has 3 aromatic rings. The van der Waals surface area contributed by atoms with Gasteiger partial charge in [-0.15, -0.1) is 0 Å². The zero-order valence-corrected chi connectivity index (χ0v) is 13.2. The number of fused-ring (bicyclic) bond motifs is 1. The third-order valence-corrected chi connectivity index (χ3v) is 4.64. The summed E-state index contributed by atoms with van der Waals surface area (Å²) in [5.41, 5.74) is 4.64. The summed E-state index contributed by atoms with van der Waals surface area (Å²) in [6.07, 6.45) is 2.61. The van der Waals surface area contributed by atoms with Crippen LogP contribution in [0.15, 0.2) is 41.5 Å². The van der Waals surface area contributed by atoms with Crippen molar-refractivity contribution in [1.29, 1.82) is 0 Å². The minimum Gasteiger partial charge on any atom is -0.348 e. The van der Waals surface area contributed by atoms with E-state index >= 15 is 0 Å². The summed E-state index contributed by atoms with van der Waals surface area (Å²) in [6, 6.07) is 9.55. The number of rotatable bonds is 2. The molecule has 1 atom stereocenters. The number of hydrogen-bond acceptors (Lipinski definition) is 3. The smallest absolute Gasteiger partial charge is 0.276 e. The monoisotopic (exact) mass is 309 g/mol. The van der Waals surface area contributed by atoms with Gasteiger partial charge in [-0.05, 0) is 19.1 Å². The maximum atomic E-state index is 13.1. The molecule has 1 aliphatic heterocycles. The molecule has 2 aromatic heterocycles. The average molecular weight is 309 g/mol. The van der Waals surface area contributed by atoms with Crippen LogP contribution in [0.3, 0.4) is 0 Å². The van der Waals surface area contributed by atoms with Gasteiger partial charge in [-0.1, -0.05) is 18.2 Å². The molecule has 0 amide bonds. The van der Waals surface area contributed by atoms with Crippen molar-refractivity contribution >= 4 is 0 Å². The Kier molecular flexibility index (Phi) is 3.20. The number of para-hydroxylation sites is 1. The quantitative estimate of drug-likeness (QED) is 0.753. The maximum Gasteiger partial charge on any atom is 0.276 e. The molecular formula is C17H19N5O. The van der Waals surface area contributed by atoms with Gasteiger partial charge in [-0.2, -0.15) is 0 Å². The highest BCUT2D eigenvalue weighted by Crippen LogP contribution is 2.27. The number of H-pyrrole nitrogens is 1. The van der Waals surface area contributed by atoms with E-state index in [1.807, 2.05) is 49.0 Å². The fourth-order valence-corrected chi connectivity index (χ4v) is 3.38. The molecule has 0 saturated heterocycles. The largest absolute Gasteiger partial charge is 0.348 e. The van der Waals surface area contributed by atoms with E-state index in [1.165, 1.54) is 0 Å². The van der Waals surface area contributed by atoms with Crippen LogP contribution in [0.1, 0.15) is 28.7 Å². The number of nitrogens with one attached hydrogen (secondary N) is 2. The molecule has 0 spiro atoms. The van der Waals surface area contributed by atoms with E-state index in [9.17, 15) is 4.79 Å². The molecule has 1 aliphatic rings. The zero-order chi connectivity index (χ0) is 16.0. The Morgan fingerprint density at radius 1 is 1.26 bits per heavy atom. The highest BCUT2D eigenvalue weighted by atomic mass is 16.1. The molecule has 0 bridgehead atoms. The van der Waals surface area contributed by atoms with Crippen LogP contribution < -0.4 is 10.9 Å². The Morgan fingerprint density at radius 2 is 2.04 bits per heavy atom. The van der Waals surface area contributed by atoms with E-state index in [0.29, 0.717) is 0 Å². The van der Waals surface area contributed by atoms with Crippen molar-refractivity contribution in [3.8, 4) is 5.69 Å². The van der Waals surface area contributed by atoms with Gasteiger partial charge in [0.2, 0.25) is 0 Å². The molecule has 3 heterocycles. The Hall–Kier alpha value is -2.60. The minimum absolute atomic E-state index is 0.00421. The van der Waals surface area contributed by atoms with Gasteiger partial charge < -0.3 is 10.3 Å². The van der Waals surface area contributed by atoms with Crippen molar-refractivity contribution in [1.82, 2.24) is 24.6 Å². The number of imidazole rings is 1. The summed E-state index contributed by atoms with van der Waals surface area (Å²) in [5.74, 6) is 0. The lowest BCUT2D eigenvalue weighted by Crippen LogP contribution is -2.34. The third-order valence-electron chi connectivity index (χ3n) is 4.64. The van der Waals surface area contributed by atoms with Gasteiger partial charge in [0.15, 0.2) is 0 Å². The van der Waals surface area contributed by atoms with Crippen LogP contribution in [0.4, 0.5) is 0 Å². The van der Waals surface area contributed by atoms with Crippen molar-refractivity contribution in [2.45, 2.75) is 19.4 Å². The standard InChI is InChI=1S/C17H19N5O/c1-11-14(16-15-13(8-9-18-16)19-10-20-15)17(23)22(21(11)2)12-6-4-3-5-7-12/h3-7,10,16,18H,8-9H2,1-2H3,(H,19,20)/t16-/m1/s1. The van der Waals surface area contributed by atoms with Crippen LogP contribution >= 0.6 is 0 Å². The molecule has 1 aromatic carbocycles. The number of aromatic amines is 1. The average Bonchev–Trinajstić information content (AvgIpc) is 3.12. The Labute approximate surface area is 133 Å². The van der Waals surface area contributed by atoms with Crippen molar-refractivity contribution in [3.63, 3.8) is 0 Å². The third kappa shape index (κ3) is 2.06. The first-order chi connectivity index (χ1) is 11.2. The highest BCUT2D eigenvalue weighted by molar-refractivity contribution is 5.38. The number of aromatic nitrogens is 4. The van der Waals surface area contributed by atoms with Crippen molar-refractivity contribution in [3.05, 3.63) is 69.7 Å². The number of hydrogen-bond donors (Lipinski definition) is 2. The van der Waals surface area contributed by atoms with Gasteiger partial charge in [0.1, 0.15) is 0 Å². The maximum absolute atomic E-state index is 13.1. The molecule has 0 saturated carbocycles. The van der Waals surface area contributed by atoms with E-state index in [1.54, 1.807) is 11.0 Å². The lowest BCUT2D eigenvalue weighted by Gasteiger charge is -2.22. The van der Waals surface area contributed by atoms with Crippen LogP contribution in [0.2, 0.25) is 0 Å². The molecule has 2 N–H and O–H groups in total. The fraction of sp³-hybridized carbons (Fsp3) is 0.294. The topological polar surface area (TPSA) is 67.6 Å². The first kappa shape index (κ1) is 14.0. The molecular weight excluding hydrogens is 290 g/mol. The van der Waals surface area contributed by atoms with Crippen LogP contribution in [0.25, 0.3) is 5.69 Å². The van der Waals surface area contributed by atoms with E-state index in [0.717, 1.165) is 41.3 Å². The Morgan fingerprint density at radius 3 is 2.83 bits per heavy atom. The van der Waals surface area contributed by atoms with Crippen LogP contribution in [0.5, 0.6) is 0 Å². The molecule has 0 aliphatic carbocycles. The lowest BCUT2D eigenvalue weighted by atomic mass is 9.98. The van der Waals surface area contributed by atoms with Crippen molar-refractivity contribution < 1.29 is 0 Å². The molecule has 118 valence electrons. The normalized spacial score (nSPS) is 17.2. The van der Waals surface area contributed by atoms with Gasteiger partial charge in [0, 0.05) is 31.4 Å². The molecule has 6 heteroatoms. The second-order valence-electron chi connectivity index (χ2n) is 5.88. The Balaban J connectivity index is 1.91. The summed E-state index contributed by atoms with van der Waals surface area (Å²) in [5, 5.41) is 3.44. The van der Waals surface area contributed by atoms with Gasteiger partial charge in [-0.3, -0.25) is 9.48 Å². The van der Waals surface area contributed by atoms with E-state index in [-0.39, 0.29) is 11.6 Å². The molecule has 4 rings (SSSR count). The van der Waals surface area contributed by atoms with E-state index in [2.05, 4.69) is 15.3 Å². The van der Waals surface area contributed by atoms with Gasteiger partial charge in [0.05, 0.1) is 29.3 Å². The fourth-order valence-electron chi connectivity index (χ4n) is 3.38. The summed E-state index contributed by atoms with van der Waals surface area (Å²) in [4.78, 5) is 20.7. The predicted octanol–water partition coefficient (Wildman–Crippen LogP) is 1.44. The van der Waals surface area contributed by atoms with Crippen molar-refractivity contribution in [2.24, 2.45) is 7.05 Å². The van der Waals surface area contributed by atoms with Crippen LogP contribution in [-0.2, 0) is 13.5 Å². The van der Waals surface area contributed by atoms with Gasteiger partial charge in [-0.25, -0.2) is 9.67 Å². The summed E-state index contributed by atoms with van der Waals surface area (Å²) in [7, 11) is 1.92. The van der Waals surface area contributed by atoms with Crippen molar-refractivity contribution in [2.75, 3.05) is 6.54 Å². The molecule has 0 radical (unpaired) electrons. The lowest BCUT2D eigenvalue weighted by molar-refractivity contribution is 0.548. The molecule has 0 fully saturated rings. The van der Waals surface area contributed by atoms with Crippen LogP contribution in [0, 0.1) is 6.92 Å². The molecule has 6 nitrogen and oxygen atoms in total. The summed E-state index contributed by atoms with van der Waals surface area (Å²) >= 11 is 0. The Bertz CT molecular complexity index is 903. The zero-order valence-electron chi connectivity index (χ0n) is 13.2.